The average Bonchev–Trinajstić information content (AvgIpc) is 2.87. The van der Waals surface area contributed by atoms with Gasteiger partial charge in [-0.15, -0.1) is 5.11 Å². The van der Waals surface area contributed by atoms with Crippen molar-refractivity contribution in [3.63, 3.8) is 0 Å². The molecule has 3 aromatic carbocycles. The molecule has 0 radical (unpaired) electrons. The van der Waals surface area contributed by atoms with Crippen molar-refractivity contribution in [3.8, 4) is 5.75 Å². The number of unbranched alkanes of at least 4 members (excludes halogenated alkanes) is 8. The molecule has 3 aromatic rings. The van der Waals surface area contributed by atoms with E-state index in [0.717, 1.165) is 30.0 Å². The van der Waals surface area contributed by atoms with E-state index in [9.17, 15) is 13.2 Å². The summed E-state index contributed by atoms with van der Waals surface area (Å²) in [6.45, 7) is 2.22. The number of azo groups is 1. The number of hydrogen-bond donors (Lipinski definition) is 1. The Morgan fingerprint density at radius 3 is 2.00 bits per heavy atom. The van der Waals surface area contributed by atoms with Gasteiger partial charge >= 0.3 is 57.4 Å². The first-order chi connectivity index (χ1) is 17.4. The van der Waals surface area contributed by atoms with Gasteiger partial charge in [-0.2, -0.15) is 13.5 Å². The standard InChI is InChI=1S/C28H34N2O5S.K.H/c1-2-3-4-5-6-7-8-9-10-15-28(31)35-27-21-20-26(24-13-11-12-14-25(24)27)30-29-22-16-18-23(19-17-22)36(32,33)34;;/h11-14,16-21H,2-10,15H2,1H3,(H,32,33,34);;. The van der Waals surface area contributed by atoms with Crippen LogP contribution in [0.15, 0.2) is 75.8 Å². The second-order valence-electron chi connectivity index (χ2n) is 8.85. The first kappa shape index (κ1) is 31.8. The summed E-state index contributed by atoms with van der Waals surface area (Å²) in [5.41, 5.74) is 1.02. The van der Waals surface area contributed by atoms with Crippen molar-refractivity contribution >= 4 is 89.6 Å². The fraction of sp³-hybridized carbons (Fsp3) is 0.393. The van der Waals surface area contributed by atoms with Crippen molar-refractivity contribution in [3.05, 3.63) is 60.7 Å². The molecule has 0 aromatic heterocycles. The molecule has 3 rings (SSSR count). The SMILES string of the molecule is CCCCCCCCCCCC(=O)Oc1ccc(N=Nc2ccc(S(=O)(=O)O)cc2)c2ccccc12.[KH]. The van der Waals surface area contributed by atoms with Crippen LogP contribution in [-0.4, -0.2) is 70.3 Å². The maximum atomic E-state index is 12.4. The summed E-state index contributed by atoms with van der Waals surface area (Å²) in [5, 5.41) is 10.00. The Balaban J connectivity index is 0.00000481. The number of esters is 1. The normalized spacial score (nSPS) is 11.5. The van der Waals surface area contributed by atoms with Crippen molar-refractivity contribution in [2.75, 3.05) is 0 Å². The number of hydrogen-bond acceptors (Lipinski definition) is 6. The van der Waals surface area contributed by atoms with Crippen LogP contribution in [0.2, 0.25) is 0 Å². The minimum absolute atomic E-state index is 0. The van der Waals surface area contributed by atoms with E-state index in [-0.39, 0.29) is 62.2 Å². The van der Waals surface area contributed by atoms with Crippen LogP contribution in [0, 0.1) is 0 Å². The summed E-state index contributed by atoms with van der Waals surface area (Å²) in [6.07, 6.45) is 11.1. The van der Waals surface area contributed by atoms with Gasteiger partial charge in [-0.25, -0.2) is 0 Å². The molecule has 0 heterocycles. The molecular formula is C28H35KN2O5S. The molecule has 0 aliphatic heterocycles. The summed E-state index contributed by atoms with van der Waals surface area (Å²) in [7, 11) is -4.26. The zero-order valence-corrected chi connectivity index (χ0v) is 21.5. The number of rotatable bonds is 14. The van der Waals surface area contributed by atoms with Crippen LogP contribution in [0.3, 0.4) is 0 Å². The van der Waals surface area contributed by atoms with Crippen LogP contribution in [0.4, 0.5) is 11.4 Å². The molecular weight excluding hydrogens is 515 g/mol. The number of carbonyl (C=O) groups excluding carboxylic acids is 1. The van der Waals surface area contributed by atoms with Crippen LogP contribution >= 0.6 is 0 Å². The Kier molecular flexibility index (Phi) is 14.1. The molecule has 0 aliphatic rings. The number of fused-ring (bicyclic) bond motifs is 1. The zero-order valence-electron chi connectivity index (χ0n) is 20.7. The van der Waals surface area contributed by atoms with Gasteiger partial charge in [0.15, 0.2) is 0 Å². The Hall–Kier alpha value is -1.46. The summed E-state index contributed by atoms with van der Waals surface area (Å²) in [4.78, 5) is 12.2. The van der Waals surface area contributed by atoms with Crippen molar-refractivity contribution in [1.29, 1.82) is 0 Å². The van der Waals surface area contributed by atoms with E-state index in [4.69, 9.17) is 9.29 Å². The summed E-state index contributed by atoms with van der Waals surface area (Å²) in [5.74, 6) is 0.249. The minimum atomic E-state index is -4.26. The first-order valence-corrected chi connectivity index (χ1v) is 14.0. The van der Waals surface area contributed by atoms with Gasteiger partial charge in [0.2, 0.25) is 0 Å². The maximum absolute atomic E-state index is 12.4. The molecule has 9 heteroatoms. The van der Waals surface area contributed by atoms with E-state index < -0.39 is 10.1 Å². The summed E-state index contributed by atoms with van der Waals surface area (Å²) in [6, 6.07) is 16.4. The third-order valence-electron chi connectivity index (χ3n) is 5.98. The quantitative estimate of drug-likeness (QED) is 0.0553. The van der Waals surface area contributed by atoms with E-state index in [1.54, 1.807) is 12.1 Å². The molecule has 0 aliphatic carbocycles. The average molecular weight is 551 g/mol. The van der Waals surface area contributed by atoms with Crippen LogP contribution < -0.4 is 4.74 Å². The van der Waals surface area contributed by atoms with Crippen LogP contribution in [0.1, 0.15) is 71.1 Å². The molecule has 0 unspecified atom stereocenters. The van der Waals surface area contributed by atoms with E-state index >= 15 is 0 Å². The molecule has 0 saturated carbocycles. The van der Waals surface area contributed by atoms with E-state index in [1.165, 1.54) is 62.8 Å². The molecule has 0 atom stereocenters. The molecule has 1 N–H and O–H groups in total. The number of benzene rings is 3. The van der Waals surface area contributed by atoms with E-state index in [0.29, 0.717) is 23.5 Å². The van der Waals surface area contributed by atoms with Crippen molar-refractivity contribution in [1.82, 2.24) is 0 Å². The van der Waals surface area contributed by atoms with Gasteiger partial charge < -0.3 is 4.74 Å². The predicted molar refractivity (Wildman–Crippen MR) is 149 cm³/mol. The number of carbonyl (C=O) groups is 1. The van der Waals surface area contributed by atoms with Crippen LogP contribution in [0.5, 0.6) is 5.75 Å². The summed E-state index contributed by atoms with van der Waals surface area (Å²) < 4.78 is 37.1. The molecule has 194 valence electrons. The van der Waals surface area contributed by atoms with Crippen molar-refractivity contribution in [2.24, 2.45) is 10.2 Å². The predicted octanol–water partition coefficient (Wildman–Crippen LogP) is 7.68. The number of nitrogens with zero attached hydrogens (tertiary/aromatic N) is 2. The molecule has 0 bridgehead atoms. The molecule has 7 nitrogen and oxygen atoms in total. The topological polar surface area (TPSA) is 105 Å². The fourth-order valence-electron chi connectivity index (χ4n) is 3.98. The van der Waals surface area contributed by atoms with E-state index in [1.807, 2.05) is 24.3 Å². The van der Waals surface area contributed by atoms with Crippen LogP contribution in [-0.2, 0) is 14.9 Å². The van der Waals surface area contributed by atoms with Gasteiger partial charge in [0.1, 0.15) is 5.75 Å². The Bertz CT molecular complexity index is 1280. The van der Waals surface area contributed by atoms with Gasteiger partial charge in [-0.1, -0.05) is 82.6 Å². The fourth-order valence-corrected chi connectivity index (χ4v) is 4.46. The number of ether oxygens (including phenoxy) is 1. The van der Waals surface area contributed by atoms with Gasteiger partial charge in [-0.05, 0) is 42.8 Å². The molecule has 37 heavy (non-hydrogen) atoms. The third kappa shape index (κ3) is 10.7. The van der Waals surface area contributed by atoms with Gasteiger partial charge in [0.05, 0.1) is 16.3 Å². The molecule has 0 spiro atoms. The second kappa shape index (κ2) is 16.5. The van der Waals surface area contributed by atoms with Crippen LogP contribution in [0.25, 0.3) is 10.8 Å². The Morgan fingerprint density at radius 2 is 1.38 bits per heavy atom. The van der Waals surface area contributed by atoms with Gasteiger partial charge in [-0.3, -0.25) is 9.35 Å². The Labute approximate surface area is 262 Å². The molecule has 0 amide bonds. The first-order valence-electron chi connectivity index (χ1n) is 12.6. The summed E-state index contributed by atoms with van der Waals surface area (Å²) >= 11 is 0. The zero-order chi connectivity index (χ0) is 25.8. The van der Waals surface area contributed by atoms with Gasteiger partial charge in [0, 0.05) is 17.2 Å². The van der Waals surface area contributed by atoms with Gasteiger partial charge in [0.25, 0.3) is 10.1 Å². The van der Waals surface area contributed by atoms with Crippen molar-refractivity contribution in [2.45, 2.75) is 76.0 Å². The Morgan fingerprint density at radius 1 is 0.784 bits per heavy atom. The monoisotopic (exact) mass is 550 g/mol. The van der Waals surface area contributed by atoms with Crippen molar-refractivity contribution < 1.29 is 22.5 Å². The van der Waals surface area contributed by atoms with E-state index in [2.05, 4.69) is 17.2 Å². The third-order valence-corrected chi connectivity index (χ3v) is 6.84. The molecule has 0 saturated heterocycles. The molecule has 0 fully saturated rings. The second-order valence-corrected chi connectivity index (χ2v) is 10.3.